The van der Waals surface area contributed by atoms with Gasteiger partial charge in [0.15, 0.2) is 11.2 Å². The van der Waals surface area contributed by atoms with Gasteiger partial charge in [-0.3, -0.25) is 4.79 Å². The molecule has 3 rings (SSSR count). The first kappa shape index (κ1) is 15.5. The molecular weight excluding hydrogens is 314 g/mol. The Morgan fingerprint density at radius 1 is 1.35 bits per heavy atom. The van der Waals surface area contributed by atoms with Crippen molar-refractivity contribution in [3.8, 4) is 11.5 Å². The van der Waals surface area contributed by atoms with E-state index in [9.17, 15) is 4.79 Å². The van der Waals surface area contributed by atoms with E-state index < -0.39 is 0 Å². The average molecular weight is 330 g/mol. The van der Waals surface area contributed by atoms with Crippen molar-refractivity contribution in [1.29, 1.82) is 0 Å². The summed E-state index contributed by atoms with van der Waals surface area (Å²) in [5.74, 6) is 0.368. The van der Waals surface area contributed by atoms with Gasteiger partial charge in [-0.05, 0) is 36.8 Å². The summed E-state index contributed by atoms with van der Waals surface area (Å²) in [6.45, 7) is 2.05. The maximum absolute atomic E-state index is 11.9. The minimum absolute atomic E-state index is 0.0145. The summed E-state index contributed by atoms with van der Waals surface area (Å²) in [5.41, 5.74) is 2.41. The highest BCUT2D eigenvalue weighted by atomic mass is 35.5. The summed E-state index contributed by atoms with van der Waals surface area (Å²) in [5, 5.41) is 3.37. The standard InChI is InChI=1S/C17H16ClN3O2/c1-2-3-6-15(22)20-11-7-8-13(18)12(10-11)17-21-16-14(23-17)5-4-9-19-16/h4-5,7-10H,2-3,6H2,1H3,(H,20,22). The fourth-order valence-corrected chi connectivity index (χ4v) is 2.41. The lowest BCUT2D eigenvalue weighted by molar-refractivity contribution is -0.116. The Bertz CT molecular complexity index is 812. The molecule has 2 heterocycles. The first-order chi connectivity index (χ1) is 11.2. The number of benzene rings is 1. The number of hydrogen-bond acceptors (Lipinski definition) is 4. The summed E-state index contributed by atoms with van der Waals surface area (Å²) in [6.07, 6.45) is 4.00. The van der Waals surface area contributed by atoms with Crippen LogP contribution in [0.15, 0.2) is 40.9 Å². The predicted octanol–water partition coefficient (Wildman–Crippen LogP) is 4.67. The van der Waals surface area contributed by atoms with E-state index in [4.69, 9.17) is 16.0 Å². The molecule has 0 fully saturated rings. The zero-order valence-corrected chi connectivity index (χ0v) is 13.4. The quantitative estimate of drug-likeness (QED) is 0.738. The van der Waals surface area contributed by atoms with Gasteiger partial charge >= 0.3 is 0 Å². The van der Waals surface area contributed by atoms with Gasteiger partial charge in [0.2, 0.25) is 11.8 Å². The molecule has 0 radical (unpaired) electrons. The SMILES string of the molecule is CCCCC(=O)Nc1ccc(Cl)c(-c2nc3ncccc3o2)c1. The van der Waals surface area contributed by atoms with Gasteiger partial charge in [0.25, 0.3) is 0 Å². The number of oxazole rings is 1. The van der Waals surface area contributed by atoms with Gasteiger partial charge in [-0.25, -0.2) is 4.98 Å². The molecule has 6 heteroatoms. The van der Waals surface area contributed by atoms with Gasteiger partial charge < -0.3 is 9.73 Å². The summed E-state index contributed by atoms with van der Waals surface area (Å²) in [7, 11) is 0. The summed E-state index contributed by atoms with van der Waals surface area (Å²) in [6, 6.07) is 8.81. The normalized spacial score (nSPS) is 10.9. The minimum Gasteiger partial charge on any atom is -0.434 e. The van der Waals surface area contributed by atoms with E-state index in [0.717, 1.165) is 12.8 Å². The molecule has 118 valence electrons. The summed E-state index contributed by atoms with van der Waals surface area (Å²) >= 11 is 6.25. The van der Waals surface area contributed by atoms with E-state index in [-0.39, 0.29) is 5.91 Å². The molecular formula is C17H16ClN3O2. The van der Waals surface area contributed by atoms with Crippen molar-refractivity contribution in [1.82, 2.24) is 9.97 Å². The van der Waals surface area contributed by atoms with Crippen LogP contribution in [0.1, 0.15) is 26.2 Å². The molecule has 0 bridgehead atoms. The second-order valence-corrected chi connectivity index (χ2v) is 5.60. The second-order valence-electron chi connectivity index (χ2n) is 5.19. The highest BCUT2D eigenvalue weighted by Gasteiger charge is 2.13. The molecule has 0 aliphatic rings. The molecule has 0 unspecified atom stereocenters. The molecule has 5 nitrogen and oxygen atoms in total. The molecule has 1 N–H and O–H groups in total. The number of amides is 1. The van der Waals surface area contributed by atoms with Crippen LogP contribution in [-0.2, 0) is 4.79 Å². The smallest absolute Gasteiger partial charge is 0.230 e. The Balaban J connectivity index is 1.89. The molecule has 0 spiro atoms. The van der Waals surface area contributed by atoms with Crippen molar-refractivity contribution in [3.05, 3.63) is 41.6 Å². The number of carbonyl (C=O) groups is 1. The number of hydrogen-bond donors (Lipinski definition) is 1. The highest BCUT2D eigenvalue weighted by molar-refractivity contribution is 6.33. The molecule has 23 heavy (non-hydrogen) atoms. The third-order valence-corrected chi connectivity index (χ3v) is 3.73. The van der Waals surface area contributed by atoms with Crippen molar-refractivity contribution < 1.29 is 9.21 Å². The zero-order valence-electron chi connectivity index (χ0n) is 12.7. The first-order valence-corrected chi connectivity index (χ1v) is 7.86. The van der Waals surface area contributed by atoms with Crippen molar-refractivity contribution in [3.63, 3.8) is 0 Å². The number of nitrogens with zero attached hydrogens (tertiary/aromatic N) is 2. The van der Waals surface area contributed by atoms with Gasteiger partial charge in [-0.15, -0.1) is 0 Å². The number of aromatic nitrogens is 2. The molecule has 3 aromatic rings. The van der Waals surface area contributed by atoms with Crippen LogP contribution in [0.2, 0.25) is 5.02 Å². The zero-order chi connectivity index (χ0) is 16.2. The fourth-order valence-electron chi connectivity index (χ4n) is 2.21. The number of anilines is 1. The van der Waals surface area contributed by atoms with Crippen LogP contribution in [0.4, 0.5) is 5.69 Å². The van der Waals surface area contributed by atoms with Crippen LogP contribution < -0.4 is 5.32 Å². The van der Waals surface area contributed by atoms with E-state index in [0.29, 0.717) is 39.8 Å². The Kier molecular flexibility index (Phi) is 4.57. The van der Waals surface area contributed by atoms with Crippen LogP contribution in [0, 0.1) is 0 Å². The third-order valence-electron chi connectivity index (χ3n) is 3.40. The molecule has 0 aliphatic carbocycles. The third kappa shape index (κ3) is 3.51. The number of pyridine rings is 1. The van der Waals surface area contributed by atoms with Crippen LogP contribution >= 0.6 is 11.6 Å². The number of halogens is 1. The van der Waals surface area contributed by atoms with Gasteiger partial charge in [0.1, 0.15) is 0 Å². The fraction of sp³-hybridized carbons (Fsp3) is 0.235. The number of fused-ring (bicyclic) bond motifs is 1. The van der Waals surface area contributed by atoms with Gasteiger partial charge in [-0.2, -0.15) is 4.98 Å². The van der Waals surface area contributed by atoms with Crippen LogP contribution in [-0.4, -0.2) is 15.9 Å². The van der Waals surface area contributed by atoms with E-state index in [1.165, 1.54) is 0 Å². The van der Waals surface area contributed by atoms with Crippen LogP contribution in [0.5, 0.6) is 0 Å². The maximum atomic E-state index is 11.9. The van der Waals surface area contributed by atoms with E-state index >= 15 is 0 Å². The largest absolute Gasteiger partial charge is 0.434 e. The van der Waals surface area contributed by atoms with Crippen LogP contribution in [0.25, 0.3) is 22.7 Å². The van der Waals surface area contributed by atoms with Crippen molar-refractivity contribution in [2.75, 3.05) is 5.32 Å². The molecule has 0 aliphatic heterocycles. The summed E-state index contributed by atoms with van der Waals surface area (Å²) < 4.78 is 5.69. The second kappa shape index (κ2) is 6.79. The van der Waals surface area contributed by atoms with Crippen molar-refractivity contribution in [2.45, 2.75) is 26.2 Å². The van der Waals surface area contributed by atoms with E-state index in [1.807, 2.05) is 0 Å². The van der Waals surface area contributed by atoms with Gasteiger partial charge in [0, 0.05) is 18.3 Å². The molecule has 1 aromatic carbocycles. The van der Waals surface area contributed by atoms with Crippen molar-refractivity contribution >= 4 is 34.4 Å². The van der Waals surface area contributed by atoms with E-state index in [2.05, 4.69) is 22.2 Å². The predicted molar refractivity (Wildman–Crippen MR) is 90.4 cm³/mol. The lowest BCUT2D eigenvalue weighted by Crippen LogP contribution is -2.10. The Morgan fingerprint density at radius 2 is 2.22 bits per heavy atom. The number of unbranched alkanes of at least 4 members (excludes halogenated alkanes) is 1. The number of rotatable bonds is 5. The molecule has 1 amide bonds. The lowest BCUT2D eigenvalue weighted by Gasteiger charge is -2.07. The molecule has 2 aromatic heterocycles. The monoisotopic (exact) mass is 329 g/mol. The number of nitrogens with one attached hydrogen (secondary N) is 1. The van der Waals surface area contributed by atoms with Gasteiger partial charge in [-0.1, -0.05) is 24.9 Å². The molecule has 0 saturated carbocycles. The lowest BCUT2D eigenvalue weighted by atomic mass is 10.2. The van der Waals surface area contributed by atoms with Gasteiger partial charge in [0.05, 0.1) is 10.6 Å². The number of carbonyl (C=O) groups excluding carboxylic acids is 1. The Hall–Kier alpha value is -2.40. The Morgan fingerprint density at radius 3 is 3.00 bits per heavy atom. The minimum atomic E-state index is -0.0145. The maximum Gasteiger partial charge on any atom is 0.230 e. The highest BCUT2D eigenvalue weighted by Crippen LogP contribution is 2.31. The van der Waals surface area contributed by atoms with Crippen molar-refractivity contribution in [2.24, 2.45) is 0 Å². The topological polar surface area (TPSA) is 68.0 Å². The Labute approximate surface area is 138 Å². The molecule has 0 atom stereocenters. The van der Waals surface area contributed by atoms with Crippen LogP contribution in [0.3, 0.4) is 0 Å². The average Bonchev–Trinajstić information content (AvgIpc) is 2.98. The molecule has 0 saturated heterocycles. The van der Waals surface area contributed by atoms with E-state index in [1.54, 1.807) is 36.5 Å². The first-order valence-electron chi connectivity index (χ1n) is 7.48. The summed E-state index contributed by atoms with van der Waals surface area (Å²) in [4.78, 5) is 20.3.